The van der Waals surface area contributed by atoms with Gasteiger partial charge in [-0.15, -0.1) is 11.3 Å². The van der Waals surface area contributed by atoms with Gasteiger partial charge in [0, 0.05) is 50.4 Å². The van der Waals surface area contributed by atoms with Crippen LogP contribution in [0.25, 0.3) is 0 Å². The van der Waals surface area contributed by atoms with Gasteiger partial charge < -0.3 is 24.8 Å². The molecule has 0 radical (unpaired) electrons. The third-order valence-electron chi connectivity index (χ3n) is 6.16. The van der Waals surface area contributed by atoms with E-state index < -0.39 is 6.09 Å². The number of carbonyl (C=O) groups is 4. The van der Waals surface area contributed by atoms with E-state index >= 15 is 0 Å². The van der Waals surface area contributed by atoms with Crippen LogP contribution in [-0.4, -0.2) is 84.9 Å². The van der Waals surface area contributed by atoms with E-state index in [4.69, 9.17) is 4.74 Å². The molecule has 2 fully saturated rings. The van der Waals surface area contributed by atoms with Gasteiger partial charge in [0.05, 0.1) is 12.7 Å². The summed E-state index contributed by atoms with van der Waals surface area (Å²) in [5, 5.41) is 5.06. The quantitative estimate of drug-likeness (QED) is 0.719. The first-order chi connectivity index (χ1) is 16.5. The number of hydrogen-bond donors (Lipinski definition) is 1. The summed E-state index contributed by atoms with van der Waals surface area (Å²) in [7, 11) is 1.33. The number of piperazine rings is 1. The second-order valence-electron chi connectivity index (χ2n) is 8.30. The van der Waals surface area contributed by atoms with Crippen molar-refractivity contribution in [2.24, 2.45) is 0 Å². The molecule has 0 spiro atoms. The van der Waals surface area contributed by atoms with E-state index in [2.05, 4.69) is 5.32 Å². The number of thiophene rings is 1. The van der Waals surface area contributed by atoms with Gasteiger partial charge in [0.25, 0.3) is 17.7 Å². The van der Waals surface area contributed by atoms with Crippen molar-refractivity contribution in [2.45, 2.75) is 19.3 Å². The van der Waals surface area contributed by atoms with Gasteiger partial charge in [0.2, 0.25) is 0 Å². The zero-order valence-electron chi connectivity index (χ0n) is 19.1. The second kappa shape index (κ2) is 10.7. The van der Waals surface area contributed by atoms with Crippen LogP contribution < -0.4 is 5.32 Å². The van der Waals surface area contributed by atoms with Gasteiger partial charge in [-0.1, -0.05) is 0 Å². The molecule has 10 heteroatoms. The predicted octanol–water partition coefficient (Wildman–Crippen LogP) is 3.15. The maximum atomic E-state index is 13.0. The summed E-state index contributed by atoms with van der Waals surface area (Å²) >= 11 is 1.28. The summed E-state index contributed by atoms with van der Waals surface area (Å²) in [6, 6.07) is 8.30. The molecule has 0 atom stereocenters. The van der Waals surface area contributed by atoms with Crippen molar-refractivity contribution in [3.8, 4) is 0 Å². The van der Waals surface area contributed by atoms with Crippen LogP contribution in [0.4, 0.5) is 9.80 Å². The van der Waals surface area contributed by atoms with E-state index in [9.17, 15) is 19.2 Å². The average Bonchev–Trinajstić information content (AvgIpc) is 3.36. The minimum atomic E-state index is -0.403. The van der Waals surface area contributed by atoms with Crippen LogP contribution in [0.15, 0.2) is 35.7 Å². The minimum Gasteiger partial charge on any atom is -0.453 e. The molecule has 4 rings (SSSR count). The number of benzene rings is 1. The number of piperidine rings is 1. The Morgan fingerprint density at radius 1 is 0.765 bits per heavy atom. The SMILES string of the molecule is COC(=O)N1CCN(C(=O)c2ccsc2NC(=O)c2ccc(C(=O)N3CCCCC3)cc2)CC1. The summed E-state index contributed by atoms with van der Waals surface area (Å²) in [6.45, 7) is 3.12. The standard InChI is InChI=1S/C24H28N4O5S/c1-33-24(32)28-14-12-27(13-15-28)23(31)19-9-16-34-21(19)25-20(29)17-5-7-18(8-6-17)22(30)26-10-3-2-4-11-26/h5-9,16H,2-4,10-15H2,1H3,(H,25,29). The number of nitrogens with one attached hydrogen (secondary N) is 1. The highest BCUT2D eigenvalue weighted by Crippen LogP contribution is 2.26. The lowest BCUT2D eigenvalue weighted by molar-refractivity contribution is 0.0601. The van der Waals surface area contributed by atoms with Crippen LogP contribution in [0.5, 0.6) is 0 Å². The molecule has 180 valence electrons. The predicted molar refractivity (Wildman–Crippen MR) is 128 cm³/mol. The lowest BCUT2D eigenvalue weighted by Gasteiger charge is -2.33. The molecule has 9 nitrogen and oxygen atoms in total. The number of anilines is 1. The average molecular weight is 485 g/mol. The Balaban J connectivity index is 1.37. The van der Waals surface area contributed by atoms with Crippen LogP contribution >= 0.6 is 11.3 Å². The molecule has 2 aliphatic heterocycles. The fourth-order valence-electron chi connectivity index (χ4n) is 4.19. The van der Waals surface area contributed by atoms with Crippen molar-refractivity contribution in [2.75, 3.05) is 51.7 Å². The van der Waals surface area contributed by atoms with Crippen molar-refractivity contribution in [3.05, 3.63) is 52.4 Å². The Kier molecular flexibility index (Phi) is 7.46. The van der Waals surface area contributed by atoms with Gasteiger partial charge in [-0.3, -0.25) is 14.4 Å². The number of methoxy groups -OCH3 is 1. The smallest absolute Gasteiger partial charge is 0.409 e. The van der Waals surface area contributed by atoms with Gasteiger partial charge in [0.1, 0.15) is 5.00 Å². The zero-order valence-corrected chi connectivity index (χ0v) is 19.9. The Hall–Kier alpha value is -3.40. The number of likely N-dealkylation sites (tertiary alicyclic amines) is 1. The summed E-state index contributed by atoms with van der Waals surface area (Å²) < 4.78 is 4.73. The molecule has 2 aromatic rings. The Labute approximate surface area is 202 Å². The van der Waals surface area contributed by atoms with Gasteiger partial charge in [-0.25, -0.2) is 4.79 Å². The number of rotatable bonds is 4. The summed E-state index contributed by atoms with van der Waals surface area (Å²) in [5.41, 5.74) is 1.40. The number of ether oxygens (including phenoxy) is 1. The first-order valence-electron chi connectivity index (χ1n) is 11.4. The largest absolute Gasteiger partial charge is 0.453 e. The lowest BCUT2D eigenvalue weighted by Crippen LogP contribution is -2.50. The number of amides is 4. The fraction of sp³-hybridized carbons (Fsp3) is 0.417. The van der Waals surface area contributed by atoms with Gasteiger partial charge >= 0.3 is 6.09 Å². The van der Waals surface area contributed by atoms with Crippen LogP contribution in [0, 0.1) is 0 Å². The molecular formula is C24H28N4O5S. The fourth-order valence-corrected chi connectivity index (χ4v) is 4.96. The van der Waals surface area contributed by atoms with Gasteiger partial charge in [-0.2, -0.15) is 0 Å². The van der Waals surface area contributed by atoms with Crippen molar-refractivity contribution in [1.29, 1.82) is 0 Å². The number of carbonyl (C=O) groups excluding carboxylic acids is 4. The molecule has 1 N–H and O–H groups in total. The molecule has 1 aromatic carbocycles. The molecule has 0 aliphatic carbocycles. The number of nitrogens with zero attached hydrogens (tertiary/aromatic N) is 3. The summed E-state index contributed by atoms with van der Waals surface area (Å²) in [6.07, 6.45) is 2.79. The van der Waals surface area contributed by atoms with Gasteiger partial charge in [-0.05, 0) is 55.0 Å². The molecule has 2 aliphatic rings. The van der Waals surface area contributed by atoms with E-state index in [1.807, 2.05) is 4.90 Å². The molecule has 0 bridgehead atoms. The monoisotopic (exact) mass is 484 g/mol. The number of hydrogen-bond acceptors (Lipinski definition) is 6. The molecule has 3 heterocycles. The first kappa shape index (κ1) is 23.7. The Morgan fingerprint density at radius 2 is 1.35 bits per heavy atom. The van der Waals surface area contributed by atoms with Crippen LogP contribution in [0.3, 0.4) is 0 Å². The molecule has 2 saturated heterocycles. The Morgan fingerprint density at radius 3 is 2.00 bits per heavy atom. The van der Waals surface area contributed by atoms with Crippen LogP contribution in [-0.2, 0) is 4.74 Å². The van der Waals surface area contributed by atoms with Crippen molar-refractivity contribution >= 4 is 40.2 Å². The van der Waals surface area contributed by atoms with Crippen LogP contribution in [0.2, 0.25) is 0 Å². The summed E-state index contributed by atoms with van der Waals surface area (Å²) in [5.74, 6) is -0.544. The highest BCUT2D eigenvalue weighted by molar-refractivity contribution is 7.14. The zero-order chi connectivity index (χ0) is 24.1. The van der Waals surface area contributed by atoms with Crippen molar-refractivity contribution in [1.82, 2.24) is 14.7 Å². The highest BCUT2D eigenvalue weighted by Gasteiger charge is 2.27. The summed E-state index contributed by atoms with van der Waals surface area (Å²) in [4.78, 5) is 55.2. The maximum absolute atomic E-state index is 13.0. The second-order valence-corrected chi connectivity index (χ2v) is 9.21. The molecule has 34 heavy (non-hydrogen) atoms. The first-order valence-corrected chi connectivity index (χ1v) is 12.3. The minimum absolute atomic E-state index is 0.00917. The highest BCUT2D eigenvalue weighted by atomic mass is 32.1. The third kappa shape index (κ3) is 5.22. The molecule has 0 unspecified atom stereocenters. The molecule has 4 amide bonds. The molecular weight excluding hydrogens is 456 g/mol. The third-order valence-corrected chi connectivity index (χ3v) is 6.99. The van der Waals surface area contributed by atoms with Gasteiger partial charge in [0.15, 0.2) is 0 Å². The van der Waals surface area contributed by atoms with E-state index in [1.165, 1.54) is 18.4 Å². The normalized spacial score (nSPS) is 16.2. The van der Waals surface area contributed by atoms with E-state index in [0.717, 1.165) is 32.4 Å². The molecule has 0 saturated carbocycles. The molecule has 1 aromatic heterocycles. The van der Waals surface area contributed by atoms with E-state index in [1.54, 1.807) is 45.5 Å². The van der Waals surface area contributed by atoms with Crippen molar-refractivity contribution < 1.29 is 23.9 Å². The maximum Gasteiger partial charge on any atom is 0.409 e. The van der Waals surface area contributed by atoms with E-state index in [-0.39, 0.29) is 17.7 Å². The van der Waals surface area contributed by atoms with Crippen LogP contribution in [0.1, 0.15) is 50.3 Å². The topological polar surface area (TPSA) is 99.3 Å². The lowest BCUT2D eigenvalue weighted by atomic mass is 10.1. The van der Waals surface area contributed by atoms with Crippen molar-refractivity contribution in [3.63, 3.8) is 0 Å². The Bertz CT molecular complexity index is 1050. The van der Waals surface area contributed by atoms with E-state index in [0.29, 0.717) is 47.9 Å².